The number of amides is 1. The Balaban J connectivity index is 1.42. The molecule has 0 spiro atoms. The van der Waals surface area contributed by atoms with E-state index in [4.69, 9.17) is 19.5 Å². The average molecular weight is 394 g/mol. The second-order valence-corrected chi connectivity index (χ2v) is 6.63. The second-order valence-electron chi connectivity index (χ2n) is 6.63. The van der Waals surface area contributed by atoms with Crippen LogP contribution >= 0.6 is 0 Å². The van der Waals surface area contributed by atoms with Gasteiger partial charge >= 0.3 is 5.97 Å². The van der Waals surface area contributed by atoms with Crippen LogP contribution in [0.2, 0.25) is 0 Å². The van der Waals surface area contributed by atoms with Gasteiger partial charge in [-0.1, -0.05) is 12.1 Å². The summed E-state index contributed by atoms with van der Waals surface area (Å²) in [6.07, 6.45) is 2.49. The van der Waals surface area contributed by atoms with E-state index in [1.165, 1.54) is 0 Å². The number of carbonyl (C=O) groups excluding carboxylic acids is 2. The summed E-state index contributed by atoms with van der Waals surface area (Å²) >= 11 is 0. The molecule has 0 aliphatic carbocycles. The molecule has 1 aliphatic rings. The number of nitrogens with zero attached hydrogens (tertiary/aromatic N) is 1. The van der Waals surface area contributed by atoms with Crippen molar-refractivity contribution in [2.75, 3.05) is 25.1 Å². The summed E-state index contributed by atoms with van der Waals surface area (Å²) < 4.78 is 16.2. The van der Waals surface area contributed by atoms with Crippen molar-refractivity contribution in [3.63, 3.8) is 0 Å². The molecule has 150 valence electrons. The van der Waals surface area contributed by atoms with Gasteiger partial charge in [0.1, 0.15) is 12.4 Å². The van der Waals surface area contributed by atoms with Crippen LogP contribution in [0.25, 0.3) is 0 Å². The minimum Gasteiger partial charge on any atom is -0.491 e. The topological polar surface area (TPSA) is 97.7 Å². The van der Waals surface area contributed by atoms with Crippen molar-refractivity contribution in [3.8, 4) is 11.8 Å². The van der Waals surface area contributed by atoms with Gasteiger partial charge < -0.3 is 19.5 Å². The van der Waals surface area contributed by atoms with Crippen LogP contribution in [-0.2, 0) is 20.7 Å². The zero-order chi connectivity index (χ0) is 20.5. The Bertz CT molecular complexity index is 866. The van der Waals surface area contributed by atoms with Gasteiger partial charge in [0.25, 0.3) is 5.91 Å². The van der Waals surface area contributed by atoms with Crippen LogP contribution < -0.4 is 10.1 Å². The number of anilines is 1. The quantitative estimate of drug-likeness (QED) is 0.691. The van der Waals surface area contributed by atoms with Gasteiger partial charge in [-0.15, -0.1) is 0 Å². The third-order valence-corrected chi connectivity index (χ3v) is 4.41. The Morgan fingerprint density at radius 1 is 1.14 bits per heavy atom. The zero-order valence-corrected chi connectivity index (χ0v) is 15.9. The van der Waals surface area contributed by atoms with Crippen molar-refractivity contribution in [1.29, 1.82) is 5.26 Å². The van der Waals surface area contributed by atoms with E-state index in [0.29, 0.717) is 30.0 Å². The number of nitriles is 1. The molecule has 7 nitrogen and oxygen atoms in total. The average Bonchev–Trinajstić information content (AvgIpc) is 3.26. The fourth-order valence-electron chi connectivity index (χ4n) is 2.86. The number of esters is 1. The lowest BCUT2D eigenvalue weighted by molar-refractivity contribution is -0.119. The first-order chi connectivity index (χ1) is 14.1. The second kappa shape index (κ2) is 10.2. The minimum atomic E-state index is -0.588. The van der Waals surface area contributed by atoms with Gasteiger partial charge in [-0.25, -0.2) is 4.79 Å². The molecule has 2 aromatic rings. The third-order valence-electron chi connectivity index (χ3n) is 4.41. The summed E-state index contributed by atoms with van der Waals surface area (Å²) in [4.78, 5) is 24.1. The summed E-state index contributed by atoms with van der Waals surface area (Å²) in [5.74, 6) is -0.382. The first-order valence-corrected chi connectivity index (χ1v) is 9.41. The maximum atomic E-state index is 12.1. The van der Waals surface area contributed by atoms with E-state index in [1.54, 1.807) is 48.5 Å². The van der Waals surface area contributed by atoms with Crippen LogP contribution in [-0.4, -0.2) is 37.8 Å². The third kappa shape index (κ3) is 6.33. The van der Waals surface area contributed by atoms with Crippen LogP contribution in [0.4, 0.5) is 5.69 Å². The molecule has 1 amide bonds. The number of hydrogen-bond donors (Lipinski definition) is 1. The number of hydrogen-bond acceptors (Lipinski definition) is 6. The van der Waals surface area contributed by atoms with Gasteiger partial charge in [-0.05, 0) is 54.8 Å². The lowest BCUT2D eigenvalue weighted by Gasteiger charge is -2.11. The van der Waals surface area contributed by atoms with Gasteiger partial charge in [-0.2, -0.15) is 5.26 Å². The van der Waals surface area contributed by atoms with E-state index in [9.17, 15) is 9.59 Å². The van der Waals surface area contributed by atoms with Crippen molar-refractivity contribution in [3.05, 3.63) is 59.7 Å². The number of nitrogens with one attached hydrogen (secondary N) is 1. The molecular weight excluding hydrogens is 372 g/mol. The highest BCUT2D eigenvalue weighted by Crippen LogP contribution is 2.17. The van der Waals surface area contributed by atoms with Gasteiger partial charge in [-0.3, -0.25) is 4.79 Å². The van der Waals surface area contributed by atoms with E-state index in [1.807, 2.05) is 0 Å². The van der Waals surface area contributed by atoms with Crippen molar-refractivity contribution in [2.45, 2.75) is 25.4 Å². The van der Waals surface area contributed by atoms with Gasteiger partial charge in [0.05, 0.1) is 24.2 Å². The monoisotopic (exact) mass is 394 g/mol. The van der Waals surface area contributed by atoms with E-state index < -0.39 is 18.5 Å². The Morgan fingerprint density at radius 3 is 2.55 bits per heavy atom. The molecule has 7 heteroatoms. The Labute approximate surface area is 169 Å². The summed E-state index contributed by atoms with van der Waals surface area (Å²) in [5.41, 5.74) is 1.77. The van der Waals surface area contributed by atoms with E-state index in [0.717, 1.165) is 25.0 Å². The maximum Gasteiger partial charge on any atom is 0.338 e. The normalized spacial score (nSPS) is 15.3. The van der Waals surface area contributed by atoms with E-state index >= 15 is 0 Å². The highest BCUT2D eigenvalue weighted by molar-refractivity contribution is 5.95. The maximum absolute atomic E-state index is 12.1. The predicted molar refractivity (Wildman–Crippen MR) is 106 cm³/mol. The summed E-state index contributed by atoms with van der Waals surface area (Å²) in [6, 6.07) is 15.5. The fraction of sp³-hybridized carbons (Fsp3) is 0.318. The Morgan fingerprint density at radius 2 is 1.90 bits per heavy atom. The van der Waals surface area contributed by atoms with Gasteiger partial charge in [0.2, 0.25) is 0 Å². The zero-order valence-electron chi connectivity index (χ0n) is 15.9. The lowest BCUT2D eigenvalue weighted by atomic mass is 10.1. The SMILES string of the molecule is N#CCc1ccc(NC(=O)COC(=O)c2ccc(OCC3CCCO3)cc2)cc1. The Hall–Kier alpha value is -3.37. The lowest BCUT2D eigenvalue weighted by Crippen LogP contribution is -2.21. The standard InChI is InChI=1S/C22H22N2O5/c23-12-11-16-3-7-18(8-4-16)24-21(25)15-29-22(26)17-5-9-19(10-6-17)28-14-20-2-1-13-27-20/h3-10,20H,1-2,11,13-15H2,(H,24,25). The molecule has 1 aliphatic heterocycles. The largest absolute Gasteiger partial charge is 0.491 e. The van der Waals surface area contributed by atoms with Crippen LogP contribution in [0.1, 0.15) is 28.8 Å². The van der Waals surface area contributed by atoms with Crippen LogP contribution in [0, 0.1) is 11.3 Å². The molecule has 0 aromatic heterocycles. The van der Waals surface area contributed by atoms with Crippen LogP contribution in [0.5, 0.6) is 5.75 Å². The molecule has 1 fully saturated rings. The molecule has 1 saturated heterocycles. The molecule has 3 rings (SSSR count). The molecule has 1 N–H and O–H groups in total. The molecular formula is C22H22N2O5. The van der Waals surface area contributed by atoms with Crippen molar-refractivity contribution < 1.29 is 23.8 Å². The predicted octanol–water partition coefficient (Wildman–Crippen LogP) is 3.11. The van der Waals surface area contributed by atoms with Gasteiger partial charge in [0, 0.05) is 12.3 Å². The first-order valence-electron chi connectivity index (χ1n) is 9.41. The number of ether oxygens (including phenoxy) is 3. The number of rotatable bonds is 8. The summed E-state index contributed by atoms with van der Waals surface area (Å²) in [6.45, 7) is 0.871. The van der Waals surface area contributed by atoms with Crippen LogP contribution in [0.15, 0.2) is 48.5 Å². The van der Waals surface area contributed by atoms with Crippen molar-refractivity contribution in [1.82, 2.24) is 0 Å². The van der Waals surface area contributed by atoms with Gasteiger partial charge in [0.15, 0.2) is 6.61 Å². The number of carbonyl (C=O) groups is 2. The highest BCUT2D eigenvalue weighted by Gasteiger charge is 2.16. The van der Waals surface area contributed by atoms with E-state index in [-0.39, 0.29) is 6.10 Å². The van der Waals surface area contributed by atoms with E-state index in [2.05, 4.69) is 11.4 Å². The molecule has 1 unspecified atom stereocenters. The smallest absolute Gasteiger partial charge is 0.338 e. The molecule has 1 atom stereocenters. The molecule has 2 aromatic carbocycles. The van der Waals surface area contributed by atoms with Crippen molar-refractivity contribution >= 4 is 17.6 Å². The number of benzene rings is 2. The fourth-order valence-corrected chi connectivity index (χ4v) is 2.86. The molecule has 0 bridgehead atoms. The molecule has 0 saturated carbocycles. The summed E-state index contributed by atoms with van der Waals surface area (Å²) in [7, 11) is 0. The summed E-state index contributed by atoms with van der Waals surface area (Å²) in [5, 5.41) is 11.3. The molecule has 0 radical (unpaired) electrons. The minimum absolute atomic E-state index is 0.126. The van der Waals surface area contributed by atoms with Crippen molar-refractivity contribution in [2.24, 2.45) is 0 Å². The Kier molecular flexibility index (Phi) is 7.20. The molecule has 1 heterocycles. The first kappa shape index (κ1) is 20.4. The van der Waals surface area contributed by atoms with Crippen LogP contribution in [0.3, 0.4) is 0 Å². The molecule has 29 heavy (non-hydrogen) atoms. The highest BCUT2D eigenvalue weighted by atomic mass is 16.5.